The third-order valence-corrected chi connectivity index (χ3v) is 5.12. The number of hydrogen-bond donors (Lipinski definition) is 1. The third kappa shape index (κ3) is 2.57. The number of benzene rings is 1. The molecule has 2 rings (SSSR count). The Labute approximate surface area is 117 Å². The molecule has 2 unspecified atom stereocenters. The molecule has 5 nitrogen and oxygen atoms in total. The highest BCUT2D eigenvalue weighted by molar-refractivity contribution is 7.95. The first-order chi connectivity index (χ1) is 9.36. The molecule has 0 aliphatic heterocycles. The molecule has 1 N–H and O–H groups in total. The van der Waals surface area contributed by atoms with E-state index >= 15 is 0 Å². The molecule has 1 aliphatic carbocycles. The van der Waals surface area contributed by atoms with Crippen molar-refractivity contribution in [2.45, 2.75) is 24.8 Å². The van der Waals surface area contributed by atoms with Crippen LogP contribution in [0.4, 0.5) is 0 Å². The molecule has 0 fully saturated rings. The van der Waals surface area contributed by atoms with Gasteiger partial charge in [-0.15, -0.1) is 4.91 Å². The quantitative estimate of drug-likeness (QED) is 0.867. The van der Waals surface area contributed by atoms with E-state index in [-0.39, 0.29) is 15.5 Å². The smallest absolute Gasteiger partial charge is 0.206 e. The predicted octanol–water partition coefficient (Wildman–Crippen LogP) is 2.31. The number of nitroso groups, excluding NO2 is 1. The third-order valence-electron chi connectivity index (χ3n) is 3.35. The number of aliphatic hydroxyl groups is 1. The van der Waals surface area contributed by atoms with Crippen LogP contribution in [0.3, 0.4) is 0 Å². The van der Waals surface area contributed by atoms with Crippen molar-refractivity contribution in [2.24, 2.45) is 11.1 Å². The van der Waals surface area contributed by atoms with Gasteiger partial charge in [0.05, 0.1) is 21.6 Å². The van der Waals surface area contributed by atoms with Crippen molar-refractivity contribution in [3.05, 3.63) is 57.5 Å². The van der Waals surface area contributed by atoms with E-state index in [9.17, 15) is 18.4 Å². The molecule has 0 heterocycles. The van der Waals surface area contributed by atoms with Crippen LogP contribution in [-0.4, -0.2) is 19.6 Å². The lowest BCUT2D eigenvalue weighted by atomic mass is 9.96. The summed E-state index contributed by atoms with van der Waals surface area (Å²) in [5.74, 6) is -0.510. The number of nitrogens with zero attached hydrogens (tertiary/aromatic N) is 1. The highest BCUT2D eigenvalue weighted by Gasteiger charge is 2.29. The lowest BCUT2D eigenvalue weighted by Gasteiger charge is -2.20. The molecule has 1 aromatic carbocycles. The first-order valence-corrected chi connectivity index (χ1v) is 7.61. The summed E-state index contributed by atoms with van der Waals surface area (Å²) in [5.41, 5.74) is 0.978. The first kappa shape index (κ1) is 14.6. The summed E-state index contributed by atoms with van der Waals surface area (Å²) < 4.78 is 24.9. The molecule has 106 valence electrons. The van der Waals surface area contributed by atoms with Crippen LogP contribution in [0.25, 0.3) is 0 Å². The number of rotatable bonds is 3. The molecule has 6 heteroatoms. The fourth-order valence-corrected chi connectivity index (χ4v) is 3.30. The number of sulfone groups is 1. The van der Waals surface area contributed by atoms with Crippen molar-refractivity contribution in [3.63, 3.8) is 0 Å². The highest BCUT2D eigenvalue weighted by Crippen LogP contribution is 2.30. The number of aliphatic hydroxyl groups excluding tert-OH is 1. The maximum Gasteiger partial charge on any atom is 0.206 e. The molecule has 0 saturated carbocycles. The second-order valence-corrected chi connectivity index (χ2v) is 6.77. The zero-order chi connectivity index (χ0) is 14.9. The van der Waals surface area contributed by atoms with Crippen LogP contribution >= 0.6 is 0 Å². The topological polar surface area (TPSA) is 83.8 Å². The van der Waals surface area contributed by atoms with Crippen molar-refractivity contribution < 1.29 is 13.5 Å². The Morgan fingerprint density at radius 2 is 1.80 bits per heavy atom. The van der Waals surface area contributed by atoms with Gasteiger partial charge in [-0.05, 0) is 36.4 Å². The maximum atomic E-state index is 12.4. The molecule has 0 aromatic heterocycles. The van der Waals surface area contributed by atoms with Gasteiger partial charge in [0.1, 0.15) is 0 Å². The molecule has 0 amide bonds. The van der Waals surface area contributed by atoms with Crippen LogP contribution in [0.15, 0.2) is 57.1 Å². The minimum atomic E-state index is -3.75. The Morgan fingerprint density at radius 3 is 2.35 bits per heavy atom. The lowest BCUT2D eigenvalue weighted by molar-refractivity contribution is 0.177. The average molecular weight is 293 g/mol. The van der Waals surface area contributed by atoms with Gasteiger partial charge in [-0.25, -0.2) is 8.42 Å². The fraction of sp³-hybridized carbons (Fsp3) is 0.286. The van der Waals surface area contributed by atoms with Gasteiger partial charge in [-0.1, -0.05) is 24.6 Å². The van der Waals surface area contributed by atoms with E-state index < -0.39 is 21.9 Å². The second kappa shape index (κ2) is 5.30. The van der Waals surface area contributed by atoms with E-state index in [0.29, 0.717) is 0 Å². The van der Waals surface area contributed by atoms with Gasteiger partial charge in [0, 0.05) is 5.92 Å². The van der Waals surface area contributed by atoms with E-state index in [1.165, 1.54) is 24.3 Å². The van der Waals surface area contributed by atoms with Crippen molar-refractivity contribution in [3.8, 4) is 0 Å². The van der Waals surface area contributed by atoms with Crippen molar-refractivity contribution >= 4 is 9.84 Å². The highest BCUT2D eigenvalue weighted by atomic mass is 32.2. The standard InChI is InChI=1S/C14H15NO4S/c1-9-3-5-11(6-4-9)20(18,19)12-7-13(15-17)10(2)14(16)8-12/h3-8,10,14,16H,1-2H3. The van der Waals surface area contributed by atoms with Crippen molar-refractivity contribution in [1.29, 1.82) is 0 Å². The van der Waals surface area contributed by atoms with Gasteiger partial charge < -0.3 is 5.11 Å². The van der Waals surface area contributed by atoms with Gasteiger partial charge >= 0.3 is 0 Å². The summed E-state index contributed by atoms with van der Waals surface area (Å²) in [6.07, 6.45) is 1.43. The van der Waals surface area contributed by atoms with E-state index in [2.05, 4.69) is 5.18 Å². The maximum absolute atomic E-state index is 12.4. The number of allylic oxidation sites excluding steroid dienone is 1. The van der Waals surface area contributed by atoms with E-state index in [1.807, 2.05) is 6.92 Å². The Kier molecular flexibility index (Phi) is 3.87. The SMILES string of the molecule is Cc1ccc(S(=O)(=O)C2=CC(O)C(C)C(N=O)=C2)cc1. The average Bonchev–Trinajstić information content (AvgIpc) is 2.42. The van der Waals surface area contributed by atoms with Crippen LogP contribution in [0.2, 0.25) is 0 Å². The molecule has 0 saturated heterocycles. The van der Waals surface area contributed by atoms with Crippen LogP contribution in [0.5, 0.6) is 0 Å². The van der Waals surface area contributed by atoms with E-state index in [1.54, 1.807) is 19.1 Å². The van der Waals surface area contributed by atoms with Gasteiger partial charge in [0.2, 0.25) is 9.84 Å². The zero-order valence-corrected chi connectivity index (χ0v) is 12.0. The molecule has 0 bridgehead atoms. The van der Waals surface area contributed by atoms with E-state index in [0.717, 1.165) is 5.56 Å². The summed E-state index contributed by atoms with van der Waals surface area (Å²) in [6.45, 7) is 3.47. The molecule has 20 heavy (non-hydrogen) atoms. The Hall–Kier alpha value is -1.79. The predicted molar refractivity (Wildman–Crippen MR) is 75.5 cm³/mol. The van der Waals surface area contributed by atoms with Gasteiger partial charge in [-0.3, -0.25) is 0 Å². The van der Waals surface area contributed by atoms with Crippen LogP contribution in [0, 0.1) is 17.7 Å². The Bertz CT molecular complexity index is 686. The summed E-state index contributed by atoms with van der Waals surface area (Å²) in [4.78, 5) is 10.7. The van der Waals surface area contributed by atoms with Crippen LogP contribution in [0.1, 0.15) is 12.5 Å². The van der Waals surface area contributed by atoms with Gasteiger partial charge in [0.15, 0.2) is 0 Å². The largest absolute Gasteiger partial charge is 0.388 e. The molecule has 0 radical (unpaired) electrons. The van der Waals surface area contributed by atoms with Crippen LogP contribution in [-0.2, 0) is 9.84 Å². The fourth-order valence-electron chi connectivity index (χ4n) is 1.94. The molecule has 1 aliphatic rings. The zero-order valence-electron chi connectivity index (χ0n) is 11.1. The summed E-state index contributed by atoms with van der Waals surface area (Å²) in [7, 11) is -3.75. The number of aryl methyl sites for hydroxylation is 1. The minimum absolute atomic E-state index is 0.0330. The van der Waals surface area contributed by atoms with Crippen molar-refractivity contribution in [2.75, 3.05) is 0 Å². The Balaban J connectivity index is 2.50. The summed E-state index contributed by atoms with van der Waals surface area (Å²) >= 11 is 0. The van der Waals surface area contributed by atoms with Crippen LogP contribution < -0.4 is 0 Å². The molecule has 1 aromatic rings. The number of hydrogen-bond acceptors (Lipinski definition) is 5. The minimum Gasteiger partial charge on any atom is -0.388 e. The van der Waals surface area contributed by atoms with E-state index in [4.69, 9.17) is 0 Å². The molecule has 0 spiro atoms. The first-order valence-electron chi connectivity index (χ1n) is 6.13. The molecule has 2 atom stereocenters. The molecular weight excluding hydrogens is 278 g/mol. The molecular formula is C14H15NO4S. The Morgan fingerprint density at radius 1 is 1.20 bits per heavy atom. The second-order valence-electron chi connectivity index (χ2n) is 4.83. The summed E-state index contributed by atoms with van der Waals surface area (Å²) in [6, 6.07) is 6.38. The van der Waals surface area contributed by atoms with Gasteiger partial charge in [0.25, 0.3) is 0 Å². The van der Waals surface area contributed by atoms with Gasteiger partial charge in [-0.2, -0.15) is 0 Å². The summed E-state index contributed by atoms with van der Waals surface area (Å²) in [5, 5.41) is 12.6. The van der Waals surface area contributed by atoms with Crippen molar-refractivity contribution in [1.82, 2.24) is 0 Å². The lowest BCUT2D eigenvalue weighted by Crippen LogP contribution is -2.22. The monoisotopic (exact) mass is 293 g/mol. The normalized spacial score (nSPS) is 22.9.